The zero-order chi connectivity index (χ0) is 15.5. The third kappa shape index (κ3) is 2.89. The molecule has 6 nitrogen and oxygen atoms in total. The highest BCUT2D eigenvalue weighted by atomic mass is 32.1. The number of phenolic OH excluding ortho intramolecular Hbond substituents is 1. The van der Waals surface area contributed by atoms with E-state index >= 15 is 0 Å². The molecule has 1 aromatic heterocycles. The van der Waals surface area contributed by atoms with E-state index in [0.29, 0.717) is 16.6 Å². The second kappa shape index (κ2) is 5.82. The van der Waals surface area contributed by atoms with Gasteiger partial charge in [0.05, 0.1) is 10.9 Å². The average Bonchev–Trinajstić information content (AvgIpc) is 2.53. The Morgan fingerprint density at radius 2 is 1.86 bits per heavy atom. The molecule has 2 aromatic carbocycles. The van der Waals surface area contributed by atoms with E-state index in [-0.39, 0.29) is 16.4 Å². The minimum absolute atomic E-state index is 0.166. The van der Waals surface area contributed by atoms with Crippen LogP contribution in [0.5, 0.6) is 5.75 Å². The molecule has 3 rings (SSSR count). The van der Waals surface area contributed by atoms with Crippen molar-refractivity contribution in [1.29, 1.82) is 0 Å². The molecule has 1 heterocycles. The van der Waals surface area contributed by atoms with Gasteiger partial charge in [0.2, 0.25) is 0 Å². The molecule has 0 radical (unpaired) electrons. The summed E-state index contributed by atoms with van der Waals surface area (Å²) in [6.07, 6.45) is 1.38. The molecule has 0 atom stereocenters. The third-order valence-corrected chi connectivity index (χ3v) is 3.21. The number of hydrogen-bond donors (Lipinski definition) is 3. The second-order valence-electron chi connectivity index (χ2n) is 4.55. The van der Waals surface area contributed by atoms with Gasteiger partial charge in [-0.3, -0.25) is 10.2 Å². The van der Waals surface area contributed by atoms with E-state index in [9.17, 15) is 9.90 Å². The molecule has 0 spiro atoms. The van der Waals surface area contributed by atoms with Gasteiger partial charge in [-0.05, 0) is 48.6 Å². The van der Waals surface area contributed by atoms with Crippen molar-refractivity contribution >= 4 is 33.9 Å². The van der Waals surface area contributed by atoms with Gasteiger partial charge in [-0.25, -0.2) is 9.66 Å². The fourth-order valence-electron chi connectivity index (χ4n) is 1.96. The standard InChI is InChI=1S/C15H12N4O2S/c20-11-7-5-10(6-8-11)17-15(22)18-19-9-16-13-4-2-1-3-12(13)14(19)21/h1-9,20H,(H2,17,18,22). The summed E-state index contributed by atoms with van der Waals surface area (Å²) in [5.74, 6) is 0.166. The van der Waals surface area contributed by atoms with Gasteiger partial charge in [-0.2, -0.15) is 0 Å². The van der Waals surface area contributed by atoms with Crippen LogP contribution in [0.4, 0.5) is 5.69 Å². The second-order valence-corrected chi connectivity index (χ2v) is 4.96. The summed E-state index contributed by atoms with van der Waals surface area (Å²) < 4.78 is 1.22. The Morgan fingerprint density at radius 1 is 1.14 bits per heavy atom. The monoisotopic (exact) mass is 312 g/mol. The number of rotatable bonds is 2. The highest BCUT2D eigenvalue weighted by Crippen LogP contribution is 2.13. The number of aromatic hydroxyl groups is 1. The number of fused-ring (bicyclic) bond motifs is 1. The Hall–Kier alpha value is -2.93. The smallest absolute Gasteiger partial charge is 0.280 e. The summed E-state index contributed by atoms with van der Waals surface area (Å²) in [6, 6.07) is 13.5. The molecule has 0 aliphatic carbocycles. The molecule has 0 saturated heterocycles. The summed E-state index contributed by atoms with van der Waals surface area (Å²) >= 11 is 5.16. The summed E-state index contributed by atoms with van der Waals surface area (Å²) in [5, 5.41) is 12.9. The van der Waals surface area contributed by atoms with E-state index in [2.05, 4.69) is 15.7 Å². The minimum atomic E-state index is -0.236. The highest BCUT2D eigenvalue weighted by Gasteiger charge is 2.05. The Bertz CT molecular complexity index is 890. The van der Waals surface area contributed by atoms with Gasteiger partial charge in [0, 0.05) is 5.69 Å². The largest absolute Gasteiger partial charge is 0.508 e. The number of nitrogens with one attached hydrogen (secondary N) is 2. The van der Waals surface area contributed by atoms with Gasteiger partial charge in [0.1, 0.15) is 12.1 Å². The lowest BCUT2D eigenvalue weighted by Gasteiger charge is -2.12. The number of benzene rings is 2. The first-order chi connectivity index (χ1) is 10.6. The van der Waals surface area contributed by atoms with Gasteiger partial charge in [-0.1, -0.05) is 12.1 Å². The van der Waals surface area contributed by atoms with Crippen molar-refractivity contribution in [1.82, 2.24) is 9.66 Å². The van der Waals surface area contributed by atoms with Crippen LogP contribution in [0.1, 0.15) is 0 Å². The number of nitrogens with zero attached hydrogens (tertiary/aromatic N) is 2. The maximum absolute atomic E-state index is 12.3. The van der Waals surface area contributed by atoms with Crippen LogP contribution < -0.4 is 16.3 Å². The van der Waals surface area contributed by atoms with Crippen molar-refractivity contribution in [2.75, 3.05) is 10.7 Å². The Labute approximate surface area is 131 Å². The molecular formula is C15H12N4O2S. The van der Waals surface area contributed by atoms with E-state index in [1.54, 1.807) is 30.3 Å². The molecule has 0 amide bonds. The fraction of sp³-hybridized carbons (Fsp3) is 0. The van der Waals surface area contributed by atoms with Gasteiger partial charge < -0.3 is 10.4 Å². The molecule has 0 aliphatic heterocycles. The van der Waals surface area contributed by atoms with Crippen LogP contribution in [0, 0.1) is 0 Å². The van der Waals surface area contributed by atoms with Crippen LogP contribution in [-0.4, -0.2) is 19.9 Å². The number of phenols is 1. The topological polar surface area (TPSA) is 79.2 Å². The van der Waals surface area contributed by atoms with Gasteiger partial charge in [0.15, 0.2) is 5.11 Å². The highest BCUT2D eigenvalue weighted by molar-refractivity contribution is 7.80. The zero-order valence-corrected chi connectivity index (χ0v) is 12.2. The molecule has 110 valence electrons. The summed E-state index contributed by atoms with van der Waals surface area (Å²) in [7, 11) is 0. The van der Waals surface area contributed by atoms with E-state index in [0.717, 1.165) is 0 Å². The maximum atomic E-state index is 12.3. The quantitative estimate of drug-likeness (QED) is 0.496. The van der Waals surface area contributed by atoms with Crippen LogP contribution in [-0.2, 0) is 0 Å². The number of aromatic nitrogens is 2. The van der Waals surface area contributed by atoms with Crippen LogP contribution in [0.3, 0.4) is 0 Å². The van der Waals surface area contributed by atoms with E-state index in [1.807, 2.05) is 6.07 Å². The predicted molar refractivity (Wildman–Crippen MR) is 89.7 cm³/mol. The summed E-state index contributed by atoms with van der Waals surface area (Å²) in [4.78, 5) is 16.5. The molecule has 3 N–H and O–H groups in total. The SMILES string of the molecule is O=c1c2ccccc2ncn1NC(=S)Nc1ccc(O)cc1. The zero-order valence-electron chi connectivity index (χ0n) is 11.4. The molecule has 0 saturated carbocycles. The van der Waals surface area contributed by atoms with Crippen LogP contribution in [0.2, 0.25) is 0 Å². The number of anilines is 1. The molecule has 0 aliphatic rings. The van der Waals surface area contributed by atoms with Gasteiger partial charge in [0.25, 0.3) is 5.56 Å². The van der Waals surface area contributed by atoms with Crippen molar-refractivity contribution < 1.29 is 5.11 Å². The Balaban J connectivity index is 1.81. The first-order valence-electron chi connectivity index (χ1n) is 6.47. The summed E-state index contributed by atoms with van der Waals surface area (Å²) in [6.45, 7) is 0. The fourth-order valence-corrected chi connectivity index (χ4v) is 2.18. The van der Waals surface area contributed by atoms with E-state index < -0.39 is 0 Å². The minimum Gasteiger partial charge on any atom is -0.508 e. The lowest BCUT2D eigenvalue weighted by atomic mass is 10.2. The molecule has 0 bridgehead atoms. The Kier molecular flexibility index (Phi) is 3.71. The third-order valence-electron chi connectivity index (χ3n) is 3.01. The summed E-state index contributed by atoms with van der Waals surface area (Å²) in [5.41, 5.74) is 3.85. The first kappa shape index (κ1) is 14.0. The van der Waals surface area contributed by atoms with Crippen molar-refractivity contribution in [3.63, 3.8) is 0 Å². The molecule has 0 fully saturated rings. The van der Waals surface area contributed by atoms with Gasteiger partial charge in [-0.15, -0.1) is 0 Å². The molecule has 22 heavy (non-hydrogen) atoms. The molecular weight excluding hydrogens is 300 g/mol. The van der Waals surface area contributed by atoms with Gasteiger partial charge >= 0.3 is 0 Å². The lowest BCUT2D eigenvalue weighted by Crippen LogP contribution is -2.35. The van der Waals surface area contributed by atoms with Crippen LogP contribution >= 0.6 is 12.2 Å². The lowest BCUT2D eigenvalue weighted by molar-refractivity contribution is 0.475. The van der Waals surface area contributed by atoms with Crippen molar-refractivity contribution in [3.8, 4) is 5.75 Å². The van der Waals surface area contributed by atoms with E-state index in [4.69, 9.17) is 12.2 Å². The van der Waals surface area contributed by atoms with E-state index in [1.165, 1.54) is 23.1 Å². The van der Waals surface area contributed by atoms with Crippen molar-refractivity contribution in [2.45, 2.75) is 0 Å². The number of thiocarbonyl (C=S) groups is 1. The molecule has 3 aromatic rings. The Morgan fingerprint density at radius 3 is 2.64 bits per heavy atom. The van der Waals surface area contributed by atoms with Crippen LogP contribution in [0.15, 0.2) is 59.7 Å². The van der Waals surface area contributed by atoms with Crippen molar-refractivity contribution in [3.05, 3.63) is 65.2 Å². The van der Waals surface area contributed by atoms with Crippen molar-refractivity contribution in [2.24, 2.45) is 0 Å². The predicted octanol–water partition coefficient (Wildman–Crippen LogP) is 2.04. The first-order valence-corrected chi connectivity index (χ1v) is 6.88. The van der Waals surface area contributed by atoms with Crippen LogP contribution in [0.25, 0.3) is 10.9 Å². The number of para-hydroxylation sites is 1. The molecule has 0 unspecified atom stereocenters. The normalized spacial score (nSPS) is 10.4. The average molecular weight is 312 g/mol. The maximum Gasteiger partial charge on any atom is 0.280 e. The molecule has 7 heteroatoms. The number of hydrogen-bond acceptors (Lipinski definition) is 4.